The first-order valence-electron chi connectivity index (χ1n) is 8.59. The third-order valence-electron chi connectivity index (χ3n) is 6.07. The second-order valence-corrected chi connectivity index (χ2v) is 7.57. The molecule has 0 aliphatic carbocycles. The van der Waals surface area contributed by atoms with Crippen molar-refractivity contribution < 1.29 is 14.6 Å². The zero-order valence-corrected chi connectivity index (χ0v) is 13.4. The largest absolute Gasteiger partial charge is 0.392 e. The van der Waals surface area contributed by atoms with E-state index in [1.807, 2.05) is 4.90 Å². The molecule has 6 heteroatoms. The Hall–Kier alpha value is -0.690. The van der Waals surface area contributed by atoms with E-state index in [1.54, 1.807) is 6.92 Å². The van der Waals surface area contributed by atoms with Crippen molar-refractivity contribution in [1.29, 1.82) is 0 Å². The maximum atomic E-state index is 11.9. The molecule has 0 aromatic rings. The van der Waals surface area contributed by atoms with Crippen molar-refractivity contribution in [3.8, 4) is 0 Å². The van der Waals surface area contributed by atoms with E-state index in [-0.39, 0.29) is 17.6 Å². The molecule has 0 bridgehead atoms. The average Bonchev–Trinajstić information content (AvgIpc) is 2.85. The van der Waals surface area contributed by atoms with Crippen LogP contribution in [0.25, 0.3) is 0 Å². The Kier molecular flexibility index (Phi) is 3.68. The summed E-state index contributed by atoms with van der Waals surface area (Å²) in [5.74, 6) is 0.171. The lowest BCUT2D eigenvalue weighted by Gasteiger charge is -2.62. The van der Waals surface area contributed by atoms with Gasteiger partial charge in [-0.15, -0.1) is 0 Å². The fraction of sp³-hybridized carbons (Fsp3) is 0.938. The molecular weight excluding hydrogens is 282 g/mol. The lowest BCUT2D eigenvalue weighted by molar-refractivity contribution is -0.155. The monoisotopic (exact) mass is 309 g/mol. The molecule has 4 aliphatic heterocycles. The minimum Gasteiger partial charge on any atom is -0.392 e. The minimum absolute atomic E-state index is 0.0738. The highest BCUT2D eigenvalue weighted by Gasteiger charge is 2.57. The Morgan fingerprint density at radius 3 is 2.55 bits per heavy atom. The van der Waals surface area contributed by atoms with E-state index in [4.69, 9.17) is 4.74 Å². The topological polar surface area (TPSA) is 56.3 Å². The van der Waals surface area contributed by atoms with Crippen molar-refractivity contribution in [3.05, 3.63) is 0 Å². The normalized spacial score (nSPS) is 36.4. The molecule has 0 radical (unpaired) electrons. The molecule has 124 valence electrons. The molecule has 4 saturated heterocycles. The van der Waals surface area contributed by atoms with E-state index in [0.717, 1.165) is 65.2 Å². The molecule has 0 saturated carbocycles. The molecule has 0 aromatic carbocycles. The number of likely N-dealkylation sites (tertiary alicyclic amines) is 1. The number of aliphatic hydroxyl groups is 1. The number of piperazine rings is 1. The minimum atomic E-state index is -0.231. The van der Waals surface area contributed by atoms with Crippen LogP contribution in [0.15, 0.2) is 0 Å². The summed E-state index contributed by atoms with van der Waals surface area (Å²) in [5, 5.41) is 10.1. The van der Waals surface area contributed by atoms with Crippen LogP contribution >= 0.6 is 0 Å². The highest BCUT2D eigenvalue weighted by atomic mass is 16.5. The maximum Gasteiger partial charge on any atom is 0.219 e. The van der Waals surface area contributed by atoms with Gasteiger partial charge in [0.25, 0.3) is 0 Å². The Morgan fingerprint density at radius 2 is 1.86 bits per heavy atom. The van der Waals surface area contributed by atoms with Crippen molar-refractivity contribution in [2.75, 3.05) is 45.9 Å². The summed E-state index contributed by atoms with van der Waals surface area (Å²) in [4.78, 5) is 19.0. The molecule has 6 nitrogen and oxygen atoms in total. The Labute approximate surface area is 132 Å². The summed E-state index contributed by atoms with van der Waals surface area (Å²) in [5.41, 5.74) is 0.0738. The van der Waals surface area contributed by atoms with Crippen molar-refractivity contribution in [2.45, 2.75) is 49.9 Å². The molecular formula is C16H27N3O3. The van der Waals surface area contributed by atoms with Gasteiger partial charge < -0.3 is 14.7 Å². The zero-order chi connectivity index (χ0) is 15.3. The van der Waals surface area contributed by atoms with Crippen molar-refractivity contribution in [3.63, 3.8) is 0 Å². The van der Waals surface area contributed by atoms with Crippen molar-refractivity contribution in [2.24, 2.45) is 0 Å². The number of β-amino-alcohol motifs (C(OH)–C–C–N with tert-alkyl or cyclic N) is 1. The number of amides is 1. The predicted molar refractivity (Wildman–Crippen MR) is 81.5 cm³/mol. The first-order chi connectivity index (χ1) is 10.6. The molecule has 4 fully saturated rings. The number of ether oxygens (including phenoxy) is 1. The van der Waals surface area contributed by atoms with E-state index >= 15 is 0 Å². The van der Waals surface area contributed by atoms with Gasteiger partial charge in [-0.05, 0) is 19.3 Å². The molecule has 2 atom stereocenters. The Bertz CT molecular complexity index is 446. The Balaban J connectivity index is 1.48. The molecule has 4 heterocycles. The lowest BCUT2D eigenvalue weighted by atomic mass is 9.81. The van der Waals surface area contributed by atoms with Crippen LogP contribution in [-0.2, 0) is 9.53 Å². The van der Waals surface area contributed by atoms with Crippen molar-refractivity contribution in [1.82, 2.24) is 14.7 Å². The molecule has 4 rings (SSSR count). The third-order valence-corrected chi connectivity index (χ3v) is 6.07. The van der Waals surface area contributed by atoms with Gasteiger partial charge in [0.15, 0.2) is 0 Å². The molecule has 1 amide bonds. The summed E-state index contributed by atoms with van der Waals surface area (Å²) in [7, 11) is 0. The van der Waals surface area contributed by atoms with E-state index in [9.17, 15) is 9.90 Å². The maximum absolute atomic E-state index is 11.9. The summed E-state index contributed by atoms with van der Waals surface area (Å²) in [6, 6.07) is 0.975. The van der Waals surface area contributed by atoms with E-state index in [1.165, 1.54) is 0 Å². The molecule has 1 spiro atoms. The smallest absolute Gasteiger partial charge is 0.219 e. The number of aliphatic hydroxyl groups excluding tert-OH is 1. The number of hydrogen-bond donors (Lipinski definition) is 1. The molecule has 0 unspecified atom stereocenters. The second kappa shape index (κ2) is 5.44. The predicted octanol–water partition coefficient (Wildman–Crippen LogP) is -0.483. The number of nitrogens with zero attached hydrogens (tertiary/aromatic N) is 3. The van der Waals surface area contributed by atoms with E-state index < -0.39 is 0 Å². The van der Waals surface area contributed by atoms with E-state index in [2.05, 4.69) is 9.80 Å². The van der Waals surface area contributed by atoms with Crippen LogP contribution in [0.3, 0.4) is 0 Å². The van der Waals surface area contributed by atoms with Gasteiger partial charge >= 0.3 is 0 Å². The average molecular weight is 309 g/mol. The van der Waals surface area contributed by atoms with Gasteiger partial charge in [-0.1, -0.05) is 0 Å². The van der Waals surface area contributed by atoms with Gasteiger partial charge in [0, 0.05) is 64.9 Å². The third kappa shape index (κ3) is 2.37. The first kappa shape index (κ1) is 14.9. The van der Waals surface area contributed by atoms with Gasteiger partial charge in [0.2, 0.25) is 5.91 Å². The van der Waals surface area contributed by atoms with Crippen LogP contribution in [0.2, 0.25) is 0 Å². The summed E-state index contributed by atoms with van der Waals surface area (Å²) < 4.78 is 5.46. The number of hydrogen-bond acceptors (Lipinski definition) is 5. The van der Waals surface area contributed by atoms with Gasteiger partial charge in [-0.2, -0.15) is 0 Å². The quantitative estimate of drug-likeness (QED) is 0.709. The van der Waals surface area contributed by atoms with Crippen LogP contribution in [-0.4, -0.2) is 95.4 Å². The lowest BCUT2D eigenvalue weighted by Crippen LogP contribution is -2.79. The standard InChI is InChI=1S/C16H27N3O3/c1-12(20)17-7-14-6-15(21)8-19(14)16(9-17)10-18(11-16)13-2-4-22-5-3-13/h13-15,21H,2-11H2,1H3/t14-,15+/m0/s1. The second-order valence-electron chi connectivity index (χ2n) is 7.57. The zero-order valence-electron chi connectivity index (χ0n) is 13.4. The van der Waals surface area contributed by atoms with Crippen LogP contribution in [0, 0.1) is 0 Å². The Morgan fingerprint density at radius 1 is 1.14 bits per heavy atom. The fourth-order valence-corrected chi connectivity index (χ4v) is 4.95. The summed E-state index contributed by atoms with van der Waals surface area (Å²) in [6.07, 6.45) is 2.82. The van der Waals surface area contributed by atoms with Gasteiger partial charge in [-0.3, -0.25) is 14.6 Å². The summed E-state index contributed by atoms with van der Waals surface area (Å²) in [6.45, 7) is 7.87. The van der Waals surface area contributed by atoms with Crippen LogP contribution in [0.5, 0.6) is 0 Å². The highest BCUT2D eigenvalue weighted by Crippen LogP contribution is 2.40. The SMILES string of the molecule is CC(=O)N1C[C@@H]2C[C@@H](O)CN2C2(C1)CN(C1CCOCC1)C2. The number of fused-ring (bicyclic) bond motifs is 2. The van der Waals surface area contributed by atoms with Crippen LogP contribution < -0.4 is 0 Å². The van der Waals surface area contributed by atoms with Crippen molar-refractivity contribution >= 4 is 5.91 Å². The van der Waals surface area contributed by atoms with Gasteiger partial charge in [0.05, 0.1) is 11.6 Å². The van der Waals surface area contributed by atoms with Crippen LogP contribution in [0.4, 0.5) is 0 Å². The first-order valence-corrected chi connectivity index (χ1v) is 8.59. The van der Waals surface area contributed by atoms with Gasteiger partial charge in [-0.25, -0.2) is 0 Å². The van der Waals surface area contributed by atoms with E-state index in [0.29, 0.717) is 12.1 Å². The molecule has 4 aliphatic rings. The van der Waals surface area contributed by atoms with Gasteiger partial charge in [0.1, 0.15) is 0 Å². The molecule has 22 heavy (non-hydrogen) atoms. The highest BCUT2D eigenvalue weighted by molar-refractivity contribution is 5.73. The van der Waals surface area contributed by atoms with Crippen LogP contribution in [0.1, 0.15) is 26.2 Å². The number of carbonyl (C=O) groups is 1. The number of rotatable bonds is 1. The fourth-order valence-electron chi connectivity index (χ4n) is 4.95. The number of carbonyl (C=O) groups excluding carboxylic acids is 1. The molecule has 1 N–H and O–H groups in total. The summed E-state index contributed by atoms with van der Waals surface area (Å²) >= 11 is 0. The molecule has 0 aromatic heterocycles.